The number of hydrogen-bond acceptors (Lipinski definition) is 4. The zero-order valence-corrected chi connectivity index (χ0v) is 13.4. The highest BCUT2D eigenvalue weighted by Gasteiger charge is 2.18. The van der Waals surface area contributed by atoms with Crippen molar-refractivity contribution in [2.75, 3.05) is 34.2 Å². The van der Waals surface area contributed by atoms with Crippen LogP contribution in [0.15, 0.2) is 24.3 Å². The number of hydrogen-bond donors (Lipinski definition) is 1. The van der Waals surface area contributed by atoms with Crippen LogP contribution in [0.5, 0.6) is 0 Å². The van der Waals surface area contributed by atoms with Crippen LogP contribution in [-0.2, 0) is 15.8 Å². The van der Waals surface area contributed by atoms with E-state index in [1.165, 1.54) is 16.4 Å². The van der Waals surface area contributed by atoms with Crippen molar-refractivity contribution in [3.05, 3.63) is 35.4 Å². The number of benzene rings is 1. The van der Waals surface area contributed by atoms with Crippen molar-refractivity contribution in [2.45, 2.75) is 12.2 Å². The van der Waals surface area contributed by atoms with Gasteiger partial charge in [-0.05, 0) is 44.8 Å². The Morgan fingerprint density at radius 1 is 1.19 bits per heavy atom. The van der Waals surface area contributed by atoms with Gasteiger partial charge in [0.2, 0.25) is 10.0 Å². The molecule has 0 amide bonds. The molecule has 21 heavy (non-hydrogen) atoms. The van der Waals surface area contributed by atoms with Gasteiger partial charge in [-0.25, -0.2) is 17.5 Å². The number of nitrogens with zero attached hydrogens (tertiary/aromatic N) is 2. The lowest BCUT2D eigenvalue weighted by atomic mass is 10.1. The standard InChI is InChI=1S/C14H22N2O4S/c1-15(2)8-5-9-16(3)21(19,20)11-12-6-4-7-13(10-12)14(17)18/h4,6-7,10H,5,8-9,11H2,1-3H3,(H,17,18). The highest BCUT2D eigenvalue weighted by molar-refractivity contribution is 7.88. The molecule has 0 aliphatic heterocycles. The van der Waals surface area contributed by atoms with Gasteiger partial charge in [-0.1, -0.05) is 12.1 Å². The topological polar surface area (TPSA) is 77.9 Å². The van der Waals surface area contributed by atoms with Crippen molar-refractivity contribution in [1.29, 1.82) is 0 Å². The van der Waals surface area contributed by atoms with Crippen LogP contribution in [0.1, 0.15) is 22.3 Å². The largest absolute Gasteiger partial charge is 0.478 e. The Morgan fingerprint density at radius 3 is 2.43 bits per heavy atom. The number of carboxylic acid groups (broad SMARTS) is 1. The van der Waals surface area contributed by atoms with E-state index in [-0.39, 0.29) is 11.3 Å². The molecule has 0 radical (unpaired) electrons. The van der Waals surface area contributed by atoms with Crippen LogP contribution in [0.2, 0.25) is 0 Å². The average molecular weight is 314 g/mol. The summed E-state index contributed by atoms with van der Waals surface area (Å²) in [6, 6.07) is 6.02. The molecule has 0 atom stereocenters. The molecular formula is C14H22N2O4S. The third kappa shape index (κ3) is 5.82. The summed E-state index contributed by atoms with van der Waals surface area (Å²) < 4.78 is 25.8. The summed E-state index contributed by atoms with van der Waals surface area (Å²) >= 11 is 0. The Kier molecular flexibility index (Phi) is 6.32. The summed E-state index contributed by atoms with van der Waals surface area (Å²) in [6.45, 7) is 1.26. The molecule has 0 spiro atoms. The molecule has 118 valence electrons. The molecule has 0 saturated carbocycles. The first-order valence-corrected chi connectivity index (χ1v) is 8.24. The van der Waals surface area contributed by atoms with Crippen LogP contribution in [0.4, 0.5) is 0 Å². The Balaban J connectivity index is 2.71. The van der Waals surface area contributed by atoms with E-state index < -0.39 is 16.0 Å². The predicted octanol–water partition coefficient (Wildman–Crippen LogP) is 1.10. The van der Waals surface area contributed by atoms with Crippen LogP contribution in [0.3, 0.4) is 0 Å². The molecular weight excluding hydrogens is 292 g/mol. The minimum Gasteiger partial charge on any atom is -0.478 e. The van der Waals surface area contributed by atoms with Gasteiger partial charge in [-0.15, -0.1) is 0 Å². The fraction of sp³-hybridized carbons (Fsp3) is 0.500. The molecule has 0 saturated heterocycles. The van der Waals surface area contributed by atoms with E-state index in [1.807, 2.05) is 19.0 Å². The van der Waals surface area contributed by atoms with Crippen LogP contribution in [-0.4, -0.2) is 62.9 Å². The molecule has 0 fully saturated rings. The first-order chi connectivity index (χ1) is 9.72. The van der Waals surface area contributed by atoms with Gasteiger partial charge in [0.05, 0.1) is 11.3 Å². The Labute approximate surface area is 126 Å². The van der Waals surface area contributed by atoms with E-state index in [9.17, 15) is 13.2 Å². The van der Waals surface area contributed by atoms with Gasteiger partial charge in [-0.3, -0.25) is 0 Å². The Morgan fingerprint density at radius 2 is 1.86 bits per heavy atom. The smallest absolute Gasteiger partial charge is 0.335 e. The third-order valence-electron chi connectivity index (χ3n) is 3.08. The molecule has 0 aliphatic rings. The average Bonchev–Trinajstić information content (AvgIpc) is 2.37. The minimum atomic E-state index is -3.43. The Bertz CT molecular complexity index is 584. The molecule has 1 aromatic rings. The minimum absolute atomic E-state index is 0.0953. The van der Waals surface area contributed by atoms with E-state index in [0.29, 0.717) is 12.1 Å². The molecule has 0 aliphatic carbocycles. The monoisotopic (exact) mass is 314 g/mol. The molecule has 7 heteroatoms. The van der Waals surface area contributed by atoms with Crippen molar-refractivity contribution in [1.82, 2.24) is 9.21 Å². The lowest BCUT2D eigenvalue weighted by molar-refractivity contribution is 0.0696. The van der Waals surface area contributed by atoms with E-state index >= 15 is 0 Å². The van der Waals surface area contributed by atoms with Crippen LogP contribution in [0, 0.1) is 0 Å². The van der Waals surface area contributed by atoms with Gasteiger partial charge in [-0.2, -0.15) is 0 Å². The van der Waals surface area contributed by atoms with Crippen molar-refractivity contribution in [3.8, 4) is 0 Å². The molecule has 1 rings (SSSR count). The maximum absolute atomic E-state index is 12.2. The second-order valence-corrected chi connectivity index (χ2v) is 7.32. The highest BCUT2D eigenvalue weighted by atomic mass is 32.2. The van der Waals surface area contributed by atoms with Crippen molar-refractivity contribution in [3.63, 3.8) is 0 Å². The van der Waals surface area contributed by atoms with Crippen molar-refractivity contribution < 1.29 is 18.3 Å². The molecule has 0 unspecified atom stereocenters. The van der Waals surface area contributed by atoms with Crippen molar-refractivity contribution >= 4 is 16.0 Å². The Hall–Kier alpha value is -1.44. The van der Waals surface area contributed by atoms with Gasteiger partial charge >= 0.3 is 5.97 Å². The van der Waals surface area contributed by atoms with E-state index in [1.54, 1.807) is 19.2 Å². The summed E-state index contributed by atoms with van der Waals surface area (Å²) in [5.74, 6) is -1.25. The van der Waals surface area contributed by atoms with Gasteiger partial charge in [0.1, 0.15) is 0 Å². The number of sulfonamides is 1. The fourth-order valence-electron chi connectivity index (χ4n) is 1.86. The maximum atomic E-state index is 12.2. The highest BCUT2D eigenvalue weighted by Crippen LogP contribution is 2.12. The summed E-state index contributed by atoms with van der Waals surface area (Å²) in [7, 11) is 1.99. The third-order valence-corrected chi connectivity index (χ3v) is 4.91. The quantitative estimate of drug-likeness (QED) is 0.777. The first-order valence-electron chi connectivity index (χ1n) is 6.63. The lowest BCUT2D eigenvalue weighted by Crippen LogP contribution is -2.30. The maximum Gasteiger partial charge on any atom is 0.335 e. The normalized spacial score (nSPS) is 12.0. The fourth-order valence-corrected chi connectivity index (χ4v) is 3.09. The molecule has 6 nitrogen and oxygen atoms in total. The van der Waals surface area contributed by atoms with E-state index in [4.69, 9.17) is 5.11 Å². The zero-order valence-electron chi connectivity index (χ0n) is 12.6. The van der Waals surface area contributed by atoms with E-state index in [2.05, 4.69) is 0 Å². The van der Waals surface area contributed by atoms with Gasteiger partial charge in [0.25, 0.3) is 0 Å². The van der Waals surface area contributed by atoms with Crippen LogP contribution < -0.4 is 0 Å². The van der Waals surface area contributed by atoms with Gasteiger partial charge < -0.3 is 10.0 Å². The molecule has 0 aromatic heterocycles. The van der Waals surface area contributed by atoms with Gasteiger partial charge in [0.15, 0.2) is 0 Å². The van der Waals surface area contributed by atoms with Crippen LogP contribution >= 0.6 is 0 Å². The SMILES string of the molecule is CN(C)CCCN(C)S(=O)(=O)Cc1cccc(C(=O)O)c1. The second-order valence-electron chi connectivity index (χ2n) is 5.24. The number of carbonyl (C=O) groups is 1. The molecule has 0 heterocycles. The summed E-state index contributed by atoms with van der Waals surface area (Å²) in [5, 5.41) is 8.92. The summed E-state index contributed by atoms with van der Waals surface area (Å²) in [5.41, 5.74) is 0.576. The first kappa shape index (κ1) is 17.6. The number of carboxylic acids is 1. The number of rotatable bonds is 8. The number of aromatic carboxylic acids is 1. The van der Waals surface area contributed by atoms with Crippen LogP contribution in [0.25, 0.3) is 0 Å². The lowest BCUT2D eigenvalue weighted by Gasteiger charge is -2.18. The van der Waals surface area contributed by atoms with Crippen molar-refractivity contribution in [2.24, 2.45) is 0 Å². The second kappa shape index (κ2) is 7.53. The van der Waals surface area contributed by atoms with E-state index in [0.717, 1.165) is 13.0 Å². The zero-order chi connectivity index (χ0) is 16.0. The summed E-state index contributed by atoms with van der Waals surface area (Å²) in [4.78, 5) is 12.9. The van der Waals surface area contributed by atoms with Gasteiger partial charge in [0, 0.05) is 13.6 Å². The predicted molar refractivity (Wildman–Crippen MR) is 81.8 cm³/mol. The summed E-state index contributed by atoms with van der Waals surface area (Å²) in [6.07, 6.45) is 0.748. The molecule has 1 N–H and O–H groups in total. The molecule has 0 bridgehead atoms. The molecule has 1 aromatic carbocycles.